The number of amides is 2. The van der Waals surface area contributed by atoms with E-state index in [2.05, 4.69) is 10.6 Å². The molecule has 0 aromatic rings. The van der Waals surface area contributed by atoms with Crippen molar-refractivity contribution in [3.8, 4) is 0 Å². The van der Waals surface area contributed by atoms with E-state index in [9.17, 15) is 9.59 Å². The molecule has 5 nitrogen and oxygen atoms in total. The van der Waals surface area contributed by atoms with Gasteiger partial charge in [-0.15, -0.1) is 0 Å². The van der Waals surface area contributed by atoms with E-state index in [0.29, 0.717) is 18.9 Å². The highest BCUT2D eigenvalue weighted by Crippen LogP contribution is 2.22. The molecule has 1 rings (SSSR count). The van der Waals surface area contributed by atoms with Crippen LogP contribution < -0.4 is 10.6 Å². The number of rotatable bonds is 6. The first kappa shape index (κ1) is 14.8. The second-order valence-electron chi connectivity index (χ2n) is 5.04. The SMILES string of the molecule is CCCC(NC(=O)NCC1CCCCC1)C(=O)O. The maximum atomic E-state index is 11.6. The molecule has 0 heterocycles. The first-order valence-corrected chi connectivity index (χ1v) is 6.90. The van der Waals surface area contributed by atoms with E-state index in [-0.39, 0.29) is 6.03 Å². The minimum Gasteiger partial charge on any atom is -0.480 e. The van der Waals surface area contributed by atoms with Crippen LogP contribution in [0.2, 0.25) is 0 Å². The molecule has 1 aliphatic carbocycles. The summed E-state index contributed by atoms with van der Waals surface area (Å²) in [5.41, 5.74) is 0. The van der Waals surface area contributed by atoms with E-state index in [4.69, 9.17) is 5.11 Å². The molecule has 5 heteroatoms. The Labute approximate surface area is 108 Å². The fraction of sp³-hybridized carbons (Fsp3) is 0.846. The van der Waals surface area contributed by atoms with Crippen LogP contribution in [0.5, 0.6) is 0 Å². The summed E-state index contributed by atoms with van der Waals surface area (Å²) in [4.78, 5) is 22.5. The van der Waals surface area contributed by atoms with Crippen LogP contribution in [0, 0.1) is 5.92 Å². The zero-order valence-electron chi connectivity index (χ0n) is 11.1. The van der Waals surface area contributed by atoms with Crippen LogP contribution in [0.3, 0.4) is 0 Å². The Morgan fingerprint density at radius 2 is 1.94 bits per heavy atom. The van der Waals surface area contributed by atoms with Gasteiger partial charge in [0.05, 0.1) is 0 Å². The minimum atomic E-state index is -0.968. The van der Waals surface area contributed by atoms with Crippen molar-refractivity contribution in [3.63, 3.8) is 0 Å². The lowest BCUT2D eigenvalue weighted by atomic mass is 9.89. The fourth-order valence-corrected chi connectivity index (χ4v) is 2.38. The van der Waals surface area contributed by atoms with E-state index in [1.165, 1.54) is 19.3 Å². The number of urea groups is 1. The van der Waals surface area contributed by atoms with E-state index in [1.54, 1.807) is 0 Å². The molecule has 1 aliphatic rings. The molecular weight excluding hydrogens is 232 g/mol. The fourth-order valence-electron chi connectivity index (χ4n) is 2.38. The molecule has 1 unspecified atom stereocenters. The maximum absolute atomic E-state index is 11.6. The predicted molar refractivity (Wildman–Crippen MR) is 69.4 cm³/mol. The normalized spacial score (nSPS) is 18.1. The molecule has 3 N–H and O–H groups in total. The number of carboxylic acid groups (broad SMARTS) is 1. The second kappa shape index (κ2) is 7.95. The van der Waals surface area contributed by atoms with E-state index < -0.39 is 12.0 Å². The molecule has 0 spiro atoms. The summed E-state index contributed by atoms with van der Waals surface area (Å²) >= 11 is 0. The number of hydrogen-bond donors (Lipinski definition) is 3. The predicted octanol–water partition coefficient (Wildman–Crippen LogP) is 2.12. The highest BCUT2D eigenvalue weighted by molar-refractivity contribution is 5.82. The molecule has 0 aromatic heterocycles. The van der Waals surface area contributed by atoms with Crippen molar-refractivity contribution in [3.05, 3.63) is 0 Å². The maximum Gasteiger partial charge on any atom is 0.326 e. The van der Waals surface area contributed by atoms with Crippen molar-refractivity contribution < 1.29 is 14.7 Å². The van der Waals surface area contributed by atoms with Crippen LogP contribution in [-0.2, 0) is 4.79 Å². The average Bonchev–Trinajstić information content (AvgIpc) is 2.37. The van der Waals surface area contributed by atoms with Gasteiger partial charge in [-0.05, 0) is 25.2 Å². The van der Waals surface area contributed by atoms with Gasteiger partial charge in [0.2, 0.25) is 0 Å². The lowest BCUT2D eigenvalue weighted by Crippen LogP contribution is -2.47. The summed E-state index contributed by atoms with van der Waals surface area (Å²) in [6.07, 6.45) is 7.30. The van der Waals surface area contributed by atoms with Crippen LogP contribution in [0.1, 0.15) is 51.9 Å². The van der Waals surface area contributed by atoms with Gasteiger partial charge in [-0.3, -0.25) is 0 Å². The van der Waals surface area contributed by atoms with Crippen LogP contribution >= 0.6 is 0 Å². The Bertz CT molecular complexity index is 275. The van der Waals surface area contributed by atoms with Gasteiger partial charge in [0.25, 0.3) is 0 Å². The largest absolute Gasteiger partial charge is 0.480 e. The van der Waals surface area contributed by atoms with Crippen LogP contribution in [0.25, 0.3) is 0 Å². The topological polar surface area (TPSA) is 78.4 Å². The van der Waals surface area contributed by atoms with Gasteiger partial charge in [0, 0.05) is 6.54 Å². The Kier molecular flexibility index (Phi) is 6.54. The molecular formula is C13H24N2O3. The highest BCUT2D eigenvalue weighted by Gasteiger charge is 2.19. The molecule has 1 atom stereocenters. The molecule has 0 bridgehead atoms. The third-order valence-electron chi connectivity index (χ3n) is 3.46. The summed E-state index contributed by atoms with van der Waals surface area (Å²) < 4.78 is 0. The summed E-state index contributed by atoms with van der Waals surface area (Å²) in [6.45, 7) is 2.56. The number of carbonyl (C=O) groups is 2. The van der Waals surface area contributed by atoms with Gasteiger partial charge < -0.3 is 15.7 Å². The molecule has 2 amide bonds. The molecule has 0 radical (unpaired) electrons. The highest BCUT2D eigenvalue weighted by atomic mass is 16.4. The molecule has 0 aliphatic heterocycles. The summed E-state index contributed by atoms with van der Waals surface area (Å²) in [5, 5.41) is 14.2. The van der Waals surface area contributed by atoms with E-state index in [0.717, 1.165) is 19.3 Å². The first-order chi connectivity index (χ1) is 8.63. The molecule has 0 saturated heterocycles. The van der Waals surface area contributed by atoms with Gasteiger partial charge in [-0.2, -0.15) is 0 Å². The third kappa shape index (κ3) is 5.38. The van der Waals surface area contributed by atoms with Gasteiger partial charge in [0.1, 0.15) is 6.04 Å². The van der Waals surface area contributed by atoms with Crippen molar-refractivity contribution in [2.24, 2.45) is 5.92 Å². The summed E-state index contributed by atoms with van der Waals surface area (Å²) in [5.74, 6) is -0.413. The van der Waals surface area contributed by atoms with Crippen LogP contribution in [-0.4, -0.2) is 29.7 Å². The van der Waals surface area contributed by atoms with Crippen molar-refractivity contribution in [2.75, 3.05) is 6.54 Å². The smallest absolute Gasteiger partial charge is 0.326 e. The minimum absolute atomic E-state index is 0.360. The summed E-state index contributed by atoms with van der Waals surface area (Å²) in [7, 11) is 0. The van der Waals surface area contributed by atoms with Crippen molar-refractivity contribution in [1.29, 1.82) is 0 Å². The Morgan fingerprint density at radius 3 is 2.50 bits per heavy atom. The zero-order valence-corrected chi connectivity index (χ0v) is 11.1. The number of nitrogens with one attached hydrogen (secondary N) is 2. The number of carbonyl (C=O) groups excluding carboxylic acids is 1. The van der Waals surface area contributed by atoms with Gasteiger partial charge in [-0.25, -0.2) is 9.59 Å². The standard InChI is InChI=1S/C13H24N2O3/c1-2-6-11(12(16)17)15-13(18)14-9-10-7-4-3-5-8-10/h10-11H,2-9H2,1H3,(H,16,17)(H2,14,15,18). The Balaban J connectivity index is 2.24. The third-order valence-corrected chi connectivity index (χ3v) is 3.46. The molecule has 18 heavy (non-hydrogen) atoms. The van der Waals surface area contributed by atoms with Crippen molar-refractivity contribution in [1.82, 2.24) is 10.6 Å². The van der Waals surface area contributed by atoms with E-state index in [1.807, 2.05) is 6.92 Å². The Hall–Kier alpha value is -1.26. The first-order valence-electron chi connectivity index (χ1n) is 6.90. The van der Waals surface area contributed by atoms with Gasteiger partial charge in [-0.1, -0.05) is 32.6 Å². The van der Waals surface area contributed by atoms with Crippen molar-refractivity contribution in [2.45, 2.75) is 57.9 Å². The molecule has 0 aromatic carbocycles. The van der Waals surface area contributed by atoms with E-state index >= 15 is 0 Å². The lowest BCUT2D eigenvalue weighted by molar-refractivity contribution is -0.139. The van der Waals surface area contributed by atoms with Gasteiger partial charge in [0.15, 0.2) is 0 Å². The van der Waals surface area contributed by atoms with Gasteiger partial charge >= 0.3 is 12.0 Å². The van der Waals surface area contributed by atoms with Crippen LogP contribution in [0.15, 0.2) is 0 Å². The molecule has 1 saturated carbocycles. The second-order valence-corrected chi connectivity index (χ2v) is 5.04. The number of hydrogen-bond acceptors (Lipinski definition) is 2. The zero-order chi connectivity index (χ0) is 13.4. The lowest BCUT2D eigenvalue weighted by Gasteiger charge is -2.22. The van der Waals surface area contributed by atoms with Crippen LogP contribution in [0.4, 0.5) is 4.79 Å². The summed E-state index contributed by atoms with van der Waals surface area (Å²) in [6, 6.07) is -1.14. The number of aliphatic carboxylic acids is 1. The quantitative estimate of drug-likeness (QED) is 0.681. The monoisotopic (exact) mass is 256 g/mol. The van der Waals surface area contributed by atoms with Crippen molar-refractivity contribution >= 4 is 12.0 Å². The molecule has 1 fully saturated rings. The average molecular weight is 256 g/mol. The Morgan fingerprint density at radius 1 is 1.28 bits per heavy atom. The molecule has 104 valence electrons. The number of carboxylic acids is 1.